The number of nitrogens with zero attached hydrogens (tertiary/aromatic N) is 1. The quantitative estimate of drug-likeness (QED) is 0.745. The van der Waals surface area contributed by atoms with Gasteiger partial charge in [0.2, 0.25) is 0 Å². The van der Waals surface area contributed by atoms with Gasteiger partial charge in [0.05, 0.1) is 13.2 Å². The molecule has 128 valence electrons. The van der Waals surface area contributed by atoms with Crippen LogP contribution in [0.4, 0.5) is 0 Å². The average Bonchev–Trinajstić information content (AvgIpc) is 2.62. The van der Waals surface area contributed by atoms with E-state index in [1.54, 1.807) is 0 Å². The highest BCUT2D eigenvalue weighted by molar-refractivity contribution is 5.96. The molecule has 0 radical (unpaired) electrons. The van der Waals surface area contributed by atoms with E-state index >= 15 is 0 Å². The van der Waals surface area contributed by atoms with Crippen LogP contribution in [0.5, 0.6) is 11.5 Å². The number of Topliss-reactive ketones (excluding diaryl/α,β-unsaturated/α-hetero) is 1. The molecule has 24 heavy (non-hydrogen) atoms. The van der Waals surface area contributed by atoms with Crippen molar-refractivity contribution in [3.05, 3.63) is 60.2 Å². The minimum absolute atomic E-state index is 0. The van der Waals surface area contributed by atoms with E-state index in [9.17, 15) is 4.79 Å². The molecule has 1 heterocycles. The van der Waals surface area contributed by atoms with Crippen molar-refractivity contribution in [1.29, 1.82) is 0 Å². The van der Waals surface area contributed by atoms with Crippen molar-refractivity contribution < 1.29 is 14.3 Å². The second-order valence-corrected chi connectivity index (χ2v) is 5.57. The molecule has 2 aromatic rings. The fraction of sp³-hybridized carbons (Fsp3) is 0.316. The number of ether oxygens (including phenoxy) is 2. The number of rotatable bonds is 6. The predicted octanol–water partition coefficient (Wildman–Crippen LogP) is 3.81. The summed E-state index contributed by atoms with van der Waals surface area (Å²) in [5.41, 5.74) is 0.735. The molecular formula is C19H22ClNO3. The van der Waals surface area contributed by atoms with Gasteiger partial charge < -0.3 is 9.47 Å². The zero-order chi connectivity index (χ0) is 15.9. The fourth-order valence-electron chi connectivity index (χ4n) is 2.56. The second kappa shape index (κ2) is 9.42. The smallest absolute Gasteiger partial charge is 0.164 e. The minimum atomic E-state index is 0. The Kier molecular flexibility index (Phi) is 7.25. The first-order chi connectivity index (χ1) is 11.3. The zero-order valence-electron chi connectivity index (χ0n) is 13.5. The Balaban J connectivity index is 0.00000208. The van der Waals surface area contributed by atoms with Crippen molar-refractivity contribution in [3.8, 4) is 11.5 Å². The summed E-state index contributed by atoms with van der Waals surface area (Å²) in [7, 11) is 0. The van der Waals surface area contributed by atoms with Crippen LogP contribution < -0.4 is 4.74 Å². The lowest BCUT2D eigenvalue weighted by Crippen LogP contribution is -2.37. The Bertz CT molecular complexity index is 625. The molecule has 0 aliphatic carbocycles. The van der Waals surface area contributed by atoms with Gasteiger partial charge >= 0.3 is 0 Å². The van der Waals surface area contributed by atoms with E-state index in [4.69, 9.17) is 9.47 Å². The number of benzene rings is 2. The van der Waals surface area contributed by atoms with Gasteiger partial charge in [-0.1, -0.05) is 18.2 Å². The van der Waals surface area contributed by atoms with Crippen molar-refractivity contribution in [2.75, 3.05) is 32.8 Å². The van der Waals surface area contributed by atoms with Gasteiger partial charge in [-0.3, -0.25) is 9.69 Å². The van der Waals surface area contributed by atoms with Gasteiger partial charge in [0.1, 0.15) is 11.5 Å². The zero-order valence-corrected chi connectivity index (χ0v) is 14.3. The molecule has 1 aliphatic heterocycles. The maximum Gasteiger partial charge on any atom is 0.164 e. The molecule has 5 heteroatoms. The molecule has 0 unspecified atom stereocenters. The average molecular weight is 348 g/mol. The summed E-state index contributed by atoms with van der Waals surface area (Å²) in [6.45, 7) is 4.15. The monoisotopic (exact) mass is 347 g/mol. The molecule has 2 aromatic carbocycles. The van der Waals surface area contributed by atoms with E-state index in [0.717, 1.165) is 49.9 Å². The van der Waals surface area contributed by atoms with Crippen LogP contribution in [0.3, 0.4) is 0 Å². The van der Waals surface area contributed by atoms with Crippen molar-refractivity contribution in [2.45, 2.75) is 6.42 Å². The predicted molar refractivity (Wildman–Crippen MR) is 96.4 cm³/mol. The van der Waals surface area contributed by atoms with Crippen LogP contribution in [0, 0.1) is 0 Å². The number of carbonyl (C=O) groups excluding carboxylic acids is 1. The molecule has 1 fully saturated rings. The highest BCUT2D eigenvalue weighted by Gasteiger charge is 2.13. The first kappa shape index (κ1) is 18.5. The molecule has 0 saturated carbocycles. The maximum absolute atomic E-state index is 12.3. The van der Waals surface area contributed by atoms with Crippen molar-refractivity contribution in [1.82, 2.24) is 4.90 Å². The SMILES string of the molecule is Cl.O=C(CCN1CCOCC1)c1ccc(Oc2ccccc2)cc1. The van der Waals surface area contributed by atoms with Crippen LogP contribution in [0.2, 0.25) is 0 Å². The molecule has 0 amide bonds. The number of carbonyl (C=O) groups is 1. The summed E-state index contributed by atoms with van der Waals surface area (Å²) in [6.07, 6.45) is 0.541. The molecule has 0 N–H and O–H groups in total. The molecular weight excluding hydrogens is 326 g/mol. The summed E-state index contributed by atoms with van der Waals surface area (Å²) < 4.78 is 11.0. The van der Waals surface area contributed by atoms with Crippen LogP contribution in [0.25, 0.3) is 0 Å². The lowest BCUT2D eigenvalue weighted by Gasteiger charge is -2.26. The van der Waals surface area contributed by atoms with E-state index in [1.165, 1.54) is 0 Å². The van der Waals surface area contributed by atoms with Crippen LogP contribution in [-0.4, -0.2) is 43.5 Å². The van der Waals surface area contributed by atoms with E-state index < -0.39 is 0 Å². The van der Waals surface area contributed by atoms with Gasteiger partial charge in [-0.15, -0.1) is 12.4 Å². The minimum Gasteiger partial charge on any atom is -0.457 e. The summed E-state index contributed by atoms with van der Waals surface area (Å²) in [6, 6.07) is 17.0. The Morgan fingerprint density at radius 1 is 0.958 bits per heavy atom. The van der Waals surface area contributed by atoms with Crippen LogP contribution >= 0.6 is 12.4 Å². The van der Waals surface area contributed by atoms with Gasteiger partial charge in [0, 0.05) is 31.6 Å². The van der Waals surface area contributed by atoms with Crippen LogP contribution in [0.15, 0.2) is 54.6 Å². The number of para-hydroxylation sites is 1. The Hall–Kier alpha value is -1.88. The largest absolute Gasteiger partial charge is 0.457 e. The number of morpholine rings is 1. The standard InChI is InChI=1S/C19H21NO3.ClH/c21-19(10-11-20-12-14-22-15-13-20)16-6-8-18(9-7-16)23-17-4-2-1-3-5-17;/h1-9H,10-15H2;1H. The van der Waals surface area contributed by atoms with E-state index in [1.807, 2.05) is 54.6 Å². The number of halogens is 1. The van der Waals surface area contributed by atoms with Gasteiger partial charge in [-0.2, -0.15) is 0 Å². The first-order valence-electron chi connectivity index (χ1n) is 7.97. The first-order valence-corrected chi connectivity index (χ1v) is 7.97. The van der Waals surface area contributed by atoms with Crippen molar-refractivity contribution in [3.63, 3.8) is 0 Å². The molecule has 0 atom stereocenters. The van der Waals surface area contributed by atoms with Gasteiger partial charge in [-0.05, 0) is 36.4 Å². The lowest BCUT2D eigenvalue weighted by molar-refractivity contribution is 0.0370. The van der Waals surface area contributed by atoms with E-state index in [-0.39, 0.29) is 18.2 Å². The molecule has 1 aliphatic rings. The number of hydrogen-bond acceptors (Lipinski definition) is 4. The summed E-state index contributed by atoms with van der Waals surface area (Å²) in [5, 5.41) is 0. The molecule has 3 rings (SSSR count). The van der Waals surface area contributed by atoms with Gasteiger partial charge in [-0.25, -0.2) is 0 Å². The third kappa shape index (κ3) is 5.34. The van der Waals surface area contributed by atoms with Crippen molar-refractivity contribution in [2.24, 2.45) is 0 Å². The molecule has 0 spiro atoms. The summed E-state index contributed by atoms with van der Waals surface area (Å²) in [5.74, 6) is 1.70. The van der Waals surface area contributed by atoms with E-state index in [2.05, 4.69) is 4.90 Å². The van der Waals surface area contributed by atoms with Gasteiger partial charge in [0.25, 0.3) is 0 Å². The Morgan fingerprint density at radius 2 is 1.58 bits per heavy atom. The topological polar surface area (TPSA) is 38.8 Å². The molecule has 4 nitrogen and oxygen atoms in total. The third-order valence-corrected chi connectivity index (χ3v) is 3.91. The Labute approximate surface area is 148 Å². The third-order valence-electron chi connectivity index (χ3n) is 3.91. The Morgan fingerprint density at radius 3 is 2.25 bits per heavy atom. The maximum atomic E-state index is 12.3. The van der Waals surface area contributed by atoms with Gasteiger partial charge in [0.15, 0.2) is 5.78 Å². The normalized spacial score (nSPS) is 14.7. The number of hydrogen-bond donors (Lipinski definition) is 0. The number of ketones is 1. The highest BCUT2D eigenvalue weighted by atomic mass is 35.5. The lowest BCUT2D eigenvalue weighted by atomic mass is 10.1. The van der Waals surface area contributed by atoms with Crippen LogP contribution in [0.1, 0.15) is 16.8 Å². The molecule has 0 aromatic heterocycles. The molecule has 1 saturated heterocycles. The summed E-state index contributed by atoms with van der Waals surface area (Å²) in [4.78, 5) is 14.5. The van der Waals surface area contributed by atoms with Crippen LogP contribution in [-0.2, 0) is 4.74 Å². The van der Waals surface area contributed by atoms with Crippen molar-refractivity contribution >= 4 is 18.2 Å². The second-order valence-electron chi connectivity index (χ2n) is 5.57. The summed E-state index contributed by atoms with van der Waals surface area (Å²) >= 11 is 0. The molecule has 0 bridgehead atoms. The fourth-order valence-corrected chi connectivity index (χ4v) is 2.56. The highest BCUT2D eigenvalue weighted by Crippen LogP contribution is 2.21. The van der Waals surface area contributed by atoms with E-state index in [0.29, 0.717) is 6.42 Å².